The fourth-order valence-electron chi connectivity index (χ4n) is 1.45. The van der Waals surface area contributed by atoms with Gasteiger partial charge in [-0.1, -0.05) is 0 Å². The second-order valence-corrected chi connectivity index (χ2v) is 3.78. The standard InChI is InChI=1S/C13H18N2O5/c1-18-10-6-9(7-11(8-10)19-2)12(16)14-4-5-15-13(17)20-3/h6-8H,4-5H2,1-3H3,(H,14,16)(H,15,17). The van der Waals surface area contributed by atoms with Gasteiger partial charge in [0.15, 0.2) is 0 Å². The first-order valence-electron chi connectivity index (χ1n) is 5.93. The molecule has 20 heavy (non-hydrogen) atoms. The van der Waals surface area contributed by atoms with E-state index in [0.717, 1.165) is 0 Å². The maximum Gasteiger partial charge on any atom is 0.406 e. The van der Waals surface area contributed by atoms with Gasteiger partial charge in [0.05, 0.1) is 21.3 Å². The molecule has 7 heteroatoms. The number of hydrogen-bond donors (Lipinski definition) is 2. The molecule has 0 aliphatic carbocycles. The molecular weight excluding hydrogens is 264 g/mol. The molecule has 0 radical (unpaired) electrons. The molecule has 1 rings (SSSR count). The van der Waals surface area contributed by atoms with Gasteiger partial charge in [-0.15, -0.1) is 0 Å². The van der Waals surface area contributed by atoms with Gasteiger partial charge in [-0.05, 0) is 12.1 Å². The summed E-state index contributed by atoms with van der Waals surface area (Å²) in [5.74, 6) is 0.776. The van der Waals surface area contributed by atoms with Crippen LogP contribution < -0.4 is 20.1 Å². The fourth-order valence-corrected chi connectivity index (χ4v) is 1.45. The monoisotopic (exact) mass is 282 g/mol. The van der Waals surface area contributed by atoms with Crippen LogP contribution in [0.1, 0.15) is 10.4 Å². The molecule has 0 spiro atoms. The Morgan fingerprint density at radius 1 is 0.950 bits per heavy atom. The molecule has 0 saturated carbocycles. The predicted molar refractivity (Wildman–Crippen MR) is 72.3 cm³/mol. The zero-order valence-corrected chi connectivity index (χ0v) is 11.7. The van der Waals surface area contributed by atoms with Gasteiger partial charge in [-0.2, -0.15) is 0 Å². The summed E-state index contributed by atoms with van der Waals surface area (Å²) >= 11 is 0. The summed E-state index contributed by atoms with van der Waals surface area (Å²) in [4.78, 5) is 22.7. The van der Waals surface area contributed by atoms with Crippen molar-refractivity contribution < 1.29 is 23.8 Å². The van der Waals surface area contributed by atoms with E-state index in [2.05, 4.69) is 15.4 Å². The van der Waals surface area contributed by atoms with Gasteiger partial charge in [0.2, 0.25) is 0 Å². The van der Waals surface area contributed by atoms with Gasteiger partial charge in [-0.3, -0.25) is 4.79 Å². The lowest BCUT2D eigenvalue weighted by Gasteiger charge is -2.09. The highest BCUT2D eigenvalue weighted by Gasteiger charge is 2.09. The summed E-state index contributed by atoms with van der Waals surface area (Å²) in [6.07, 6.45) is -0.540. The van der Waals surface area contributed by atoms with E-state index < -0.39 is 6.09 Å². The molecule has 0 fully saturated rings. The van der Waals surface area contributed by atoms with Crippen LogP contribution in [0.15, 0.2) is 18.2 Å². The van der Waals surface area contributed by atoms with Gasteiger partial charge in [0, 0.05) is 24.7 Å². The maximum absolute atomic E-state index is 11.9. The third-order valence-electron chi connectivity index (χ3n) is 2.48. The summed E-state index contributed by atoms with van der Waals surface area (Å²) in [6, 6.07) is 4.88. The van der Waals surface area contributed by atoms with Crippen molar-refractivity contribution in [2.45, 2.75) is 0 Å². The lowest BCUT2D eigenvalue weighted by atomic mass is 10.2. The molecule has 0 aliphatic rings. The summed E-state index contributed by atoms with van der Waals surface area (Å²) in [7, 11) is 4.30. The molecular formula is C13H18N2O5. The van der Waals surface area contributed by atoms with E-state index in [1.54, 1.807) is 18.2 Å². The van der Waals surface area contributed by atoms with Crippen LogP contribution in [0.2, 0.25) is 0 Å². The van der Waals surface area contributed by atoms with Crippen molar-refractivity contribution in [3.63, 3.8) is 0 Å². The average molecular weight is 282 g/mol. The molecule has 2 N–H and O–H groups in total. The van der Waals surface area contributed by atoms with Crippen molar-refractivity contribution in [2.24, 2.45) is 0 Å². The van der Waals surface area contributed by atoms with E-state index in [1.165, 1.54) is 21.3 Å². The van der Waals surface area contributed by atoms with Crippen molar-refractivity contribution in [1.82, 2.24) is 10.6 Å². The Hall–Kier alpha value is -2.44. The zero-order valence-electron chi connectivity index (χ0n) is 11.7. The summed E-state index contributed by atoms with van der Waals surface area (Å²) in [5, 5.41) is 5.12. The largest absolute Gasteiger partial charge is 0.497 e. The molecule has 0 aromatic heterocycles. The van der Waals surface area contributed by atoms with E-state index in [9.17, 15) is 9.59 Å². The molecule has 110 valence electrons. The second-order valence-electron chi connectivity index (χ2n) is 3.78. The van der Waals surface area contributed by atoms with E-state index in [-0.39, 0.29) is 19.0 Å². The van der Waals surface area contributed by atoms with Crippen LogP contribution in [0, 0.1) is 0 Å². The van der Waals surface area contributed by atoms with Crippen LogP contribution in [0.3, 0.4) is 0 Å². The Kier molecular flexibility index (Phi) is 6.15. The first kappa shape index (κ1) is 15.6. The van der Waals surface area contributed by atoms with Gasteiger partial charge in [0.25, 0.3) is 5.91 Å². The summed E-state index contributed by atoms with van der Waals surface area (Å²) < 4.78 is 14.6. The Morgan fingerprint density at radius 3 is 2.00 bits per heavy atom. The van der Waals surface area contributed by atoms with Crippen molar-refractivity contribution in [2.75, 3.05) is 34.4 Å². The SMILES string of the molecule is COC(=O)NCCNC(=O)c1cc(OC)cc(OC)c1. The van der Waals surface area contributed by atoms with E-state index in [1.807, 2.05) is 0 Å². The van der Waals surface area contributed by atoms with Crippen LogP contribution in [0.25, 0.3) is 0 Å². The molecule has 0 unspecified atom stereocenters. The Morgan fingerprint density at radius 2 is 1.50 bits per heavy atom. The summed E-state index contributed by atoms with van der Waals surface area (Å²) in [6.45, 7) is 0.562. The number of carbonyl (C=O) groups excluding carboxylic acids is 2. The minimum Gasteiger partial charge on any atom is -0.497 e. The van der Waals surface area contributed by atoms with Crippen LogP contribution >= 0.6 is 0 Å². The van der Waals surface area contributed by atoms with E-state index in [0.29, 0.717) is 17.1 Å². The Balaban J connectivity index is 2.56. The number of hydrogen-bond acceptors (Lipinski definition) is 5. The summed E-state index contributed by atoms with van der Waals surface area (Å²) in [5.41, 5.74) is 0.416. The number of rotatable bonds is 6. The molecule has 2 amide bonds. The predicted octanol–water partition coefficient (Wildman–Crippen LogP) is 0.790. The van der Waals surface area contributed by atoms with Crippen LogP contribution in [0.5, 0.6) is 11.5 Å². The van der Waals surface area contributed by atoms with Crippen LogP contribution in [-0.4, -0.2) is 46.4 Å². The topological polar surface area (TPSA) is 85.9 Å². The van der Waals surface area contributed by atoms with E-state index >= 15 is 0 Å². The lowest BCUT2D eigenvalue weighted by Crippen LogP contribution is -2.34. The zero-order chi connectivity index (χ0) is 15.0. The second kappa shape index (κ2) is 7.88. The molecule has 1 aromatic rings. The minimum absolute atomic E-state index is 0.277. The molecule has 7 nitrogen and oxygen atoms in total. The Bertz CT molecular complexity index is 454. The van der Waals surface area contributed by atoms with E-state index in [4.69, 9.17) is 9.47 Å². The van der Waals surface area contributed by atoms with Gasteiger partial charge in [0.1, 0.15) is 11.5 Å². The number of ether oxygens (including phenoxy) is 3. The lowest BCUT2D eigenvalue weighted by molar-refractivity contribution is 0.0952. The van der Waals surface area contributed by atoms with Crippen molar-refractivity contribution in [3.05, 3.63) is 23.8 Å². The number of benzene rings is 1. The van der Waals surface area contributed by atoms with Crippen molar-refractivity contribution >= 4 is 12.0 Å². The molecule has 0 bridgehead atoms. The first-order valence-corrected chi connectivity index (χ1v) is 5.93. The highest BCUT2D eigenvalue weighted by Crippen LogP contribution is 2.22. The normalized spacial score (nSPS) is 9.55. The number of amides is 2. The van der Waals surface area contributed by atoms with Gasteiger partial charge < -0.3 is 24.8 Å². The smallest absolute Gasteiger partial charge is 0.406 e. The van der Waals surface area contributed by atoms with Gasteiger partial charge >= 0.3 is 6.09 Å². The molecule has 0 aliphatic heterocycles. The number of carbonyl (C=O) groups is 2. The minimum atomic E-state index is -0.540. The first-order chi connectivity index (χ1) is 9.60. The third kappa shape index (κ3) is 4.68. The number of nitrogens with one attached hydrogen (secondary N) is 2. The van der Waals surface area contributed by atoms with Gasteiger partial charge in [-0.25, -0.2) is 4.79 Å². The molecule has 0 atom stereocenters. The van der Waals surface area contributed by atoms with Crippen LogP contribution in [-0.2, 0) is 4.74 Å². The highest BCUT2D eigenvalue weighted by molar-refractivity contribution is 5.95. The molecule has 0 saturated heterocycles. The number of alkyl carbamates (subject to hydrolysis) is 1. The molecule has 1 aromatic carbocycles. The number of methoxy groups -OCH3 is 3. The fraction of sp³-hybridized carbons (Fsp3) is 0.385. The van der Waals surface area contributed by atoms with Crippen LogP contribution in [0.4, 0.5) is 4.79 Å². The van der Waals surface area contributed by atoms with Crippen molar-refractivity contribution in [1.29, 1.82) is 0 Å². The Labute approximate surface area is 117 Å². The van der Waals surface area contributed by atoms with Crippen molar-refractivity contribution in [3.8, 4) is 11.5 Å². The molecule has 0 heterocycles. The highest BCUT2D eigenvalue weighted by atomic mass is 16.5. The maximum atomic E-state index is 11.9. The quantitative estimate of drug-likeness (QED) is 0.753. The third-order valence-corrected chi connectivity index (χ3v) is 2.48. The average Bonchev–Trinajstić information content (AvgIpc) is 2.50.